The van der Waals surface area contributed by atoms with Crippen molar-refractivity contribution in [2.24, 2.45) is 5.92 Å². The summed E-state index contributed by atoms with van der Waals surface area (Å²) in [6, 6.07) is 4.10. The molecule has 2 nitrogen and oxygen atoms in total. The van der Waals surface area contributed by atoms with Crippen LogP contribution in [-0.2, 0) is 5.75 Å². The molecule has 0 amide bonds. The molecule has 1 aromatic heterocycles. The Morgan fingerprint density at radius 1 is 1.54 bits per heavy atom. The summed E-state index contributed by atoms with van der Waals surface area (Å²) in [5.41, 5.74) is 0. The Morgan fingerprint density at radius 2 is 2.38 bits per heavy atom. The molecule has 0 bridgehead atoms. The van der Waals surface area contributed by atoms with Gasteiger partial charge in [0, 0.05) is 0 Å². The minimum atomic E-state index is 0.890. The van der Waals surface area contributed by atoms with E-state index in [0.29, 0.717) is 0 Å². The fourth-order valence-corrected chi connectivity index (χ4v) is 2.40. The zero-order valence-corrected chi connectivity index (χ0v) is 8.69. The first kappa shape index (κ1) is 9.16. The van der Waals surface area contributed by atoms with E-state index in [-0.39, 0.29) is 0 Å². The van der Waals surface area contributed by atoms with Gasteiger partial charge in [-0.15, -0.1) is 0 Å². The van der Waals surface area contributed by atoms with Crippen molar-refractivity contribution < 1.29 is 4.42 Å². The van der Waals surface area contributed by atoms with E-state index in [9.17, 15) is 0 Å². The molecule has 13 heavy (non-hydrogen) atoms. The monoisotopic (exact) mass is 197 g/mol. The van der Waals surface area contributed by atoms with Crippen molar-refractivity contribution in [3.63, 3.8) is 0 Å². The van der Waals surface area contributed by atoms with E-state index in [1.807, 2.05) is 24.8 Å². The third kappa shape index (κ3) is 2.51. The zero-order valence-electron chi connectivity index (χ0n) is 7.88. The molecule has 0 aromatic carbocycles. The molecule has 3 heteroatoms. The molecule has 0 saturated carbocycles. The van der Waals surface area contributed by atoms with E-state index in [1.165, 1.54) is 18.8 Å². The van der Waals surface area contributed by atoms with Gasteiger partial charge in [0.1, 0.15) is 11.5 Å². The van der Waals surface area contributed by atoms with Gasteiger partial charge in [-0.25, -0.2) is 0 Å². The molecule has 1 aliphatic heterocycles. The lowest BCUT2D eigenvalue weighted by Crippen LogP contribution is -2.43. The van der Waals surface area contributed by atoms with Crippen LogP contribution in [0.5, 0.6) is 0 Å². The van der Waals surface area contributed by atoms with Gasteiger partial charge < -0.3 is 9.73 Å². The maximum Gasteiger partial charge on any atom is 0.114 e. The highest BCUT2D eigenvalue weighted by Crippen LogP contribution is 2.18. The first-order valence-electron chi connectivity index (χ1n) is 4.68. The summed E-state index contributed by atoms with van der Waals surface area (Å²) in [7, 11) is 0. The molecular formula is C10H15NOS. The number of furan rings is 1. The fourth-order valence-electron chi connectivity index (χ4n) is 1.36. The van der Waals surface area contributed by atoms with E-state index < -0.39 is 0 Å². The van der Waals surface area contributed by atoms with E-state index in [2.05, 4.69) is 11.4 Å². The average molecular weight is 197 g/mol. The van der Waals surface area contributed by atoms with Crippen LogP contribution in [0.15, 0.2) is 16.5 Å². The van der Waals surface area contributed by atoms with Gasteiger partial charge in [0.05, 0.1) is 5.75 Å². The smallest absolute Gasteiger partial charge is 0.114 e. The Kier molecular flexibility index (Phi) is 2.96. The van der Waals surface area contributed by atoms with E-state index in [0.717, 1.165) is 23.2 Å². The Balaban J connectivity index is 1.67. The van der Waals surface area contributed by atoms with Crippen molar-refractivity contribution in [2.45, 2.75) is 12.7 Å². The third-order valence-electron chi connectivity index (χ3n) is 2.26. The molecule has 0 spiro atoms. The second kappa shape index (κ2) is 4.20. The number of aryl methyl sites for hydroxylation is 1. The molecule has 2 rings (SSSR count). The number of hydrogen-bond acceptors (Lipinski definition) is 3. The van der Waals surface area contributed by atoms with Gasteiger partial charge in [-0.05, 0) is 43.8 Å². The van der Waals surface area contributed by atoms with Crippen molar-refractivity contribution in [1.82, 2.24) is 5.32 Å². The van der Waals surface area contributed by atoms with Crippen molar-refractivity contribution in [1.29, 1.82) is 0 Å². The van der Waals surface area contributed by atoms with Gasteiger partial charge in [0.25, 0.3) is 0 Å². The molecule has 0 aliphatic carbocycles. The number of thioether (sulfide) groups is 1. The van der Waals surface area contributed by atoms with Gasteiger partial charge in [-0.3, -0.25) is 0 Å². The summed E-state index contributed by atoms with van der Waals surface area (Å²) < 4.78 is 5.48. The van der Waals surface area contributed by atoms with Gasteiger partial charge >= 0.3 is 0 Å². The molecular weight excluding hydrogens is 182 g/mol. The highest BCUT2D eigenvalue weighted by molar-refractivity contribution is 7.98. The average Bonchev–Trinajstić information content (AvgIpc) is 2.42. The van der Waals surface area contributed by atoms with Crippen molar-refractivity contribution in [2.75, 3.05) is 18.8 Å². The highest BCUT2D eigenvalue weighted by atomic mass is 32.2. The normalized spacial score (nSPS) is 17.3. The molecule has 1 aromatic rings. The quantitative estimate of drug-likeness (QED) is 0.799. The van der Waals surface area contributed by atoms with Gasteiger partial charge in [-0.2, -0.15) is 11.8 Å². The Hall–Kier alpha value is -0.410. The predicted molar refractivity (Wildman–Crippen MR) is 56.0 cm³/mol. The van der Waals surface area contributed by atoms with Crippen LogP contribution in [0.2, 0.25) is 0 Å². The molecule has 1 aliphatic rings. The maximum atomic E-state index is 5.48. The molecule has 0 atom stereocenters. The minimum absolute atomic E-state index is 0.890. The van der Waals surface area contributed by atoms with Crippen LogP contribution in [0.1, 0.15) is 11.5 Å². The van der Waals surface area contributed by atoms with Gasteiger partial charge in [0.2, 0.25) is 0 Å². The predicted octanol–water partition coefficient (Wildman–Crippen LogP) is 2.04. The topological polar surface area (TPSA) is 25.2 Å². The van der Waals surface area contributed by atoms with E-state index in [1.54, 1.807) is 0 Å². The first-order chi connectivity index (χ1) is 6.34. The Morgan fingerprint density at radius 3 is 2.92 bits per heavy atom. The zero-order chi connectivity index (χ0) is 9.10. The van der Waals surface area contributed by atoms with E-state index in [4.69, 9.17) is 4.42 Å². The molecule has 2 heterocycles. The second-order valence-electron chi connectivity index (χ2n) is 3.55. The lowest BCUT2D eigenvalue weighted by molar-refractivity contribution is 0.385. The van der Waals surface area contributed by atoms with Gasteiger partial charge in [0.15, 0.2) is 0 Å². The van der Waals surface area contributed by atoms with Crippen LogP contribution in [0.25, 0.3) is 0 Å². The molecule has 1 saturated heterocycles. The molecule has 1 N–H and O–H groups in total. The van der Waals surface area contributed by atoms with Crippen LogP contribution in [0.3, 0.4) is 0 Å². The van der Waals surface area contributed by atoms with Crippen LogP contribution < -0.4 is 5.32 Å². The summed E-state index contributed by atoms with van der Waals surface area (Å²) in [6.07, 6.45) is 0. The highest BCUT2D eigenvalue weighted by Gasteiger charge is 2.16. The molecule has 0 unspecified atom stereocenters. The lowest BCUT2D eigenvalue weighted by Gasteiger charge is -2.26. The molecule has 0 radical (unpaired) electrons. The Labute approximate surface area is 83.1 Å². The summed E-state index contributed by atoms with van der Waals surface area (Å²) in [4.78, 5) is 0. The second-order valence-corrected chi connectivity index (χ2v) is 4.58. The summed E-state index contributed by atoms with van der Waals surface area (Å²) in [6.45, 7) is 4.39. The summed E-state index contributed by atoms with van der Waals surface area (Å²) >= 11 is 1.97. The Bertz CT molecular complexity index is 268. The number of hydrogen-bond donors (Lipinski definition) is 1. The number of rotatable bonds is 4. The largest absolute Gasteiger partial charge is 0.466 e. The molecule has 1 fully saturated rings. The van der Waals surface area contributed by atoms with Crippen LogP contribution in [0, 0.1) is 12.8 Å². The standard InChI is InChI=1S/C10H15NOS/c1-8-2-3-10(12-8)7-13-6-9-4-11-5-9/h2-3,9,11H,4-7H2,1H3. The third-order valence-corrected chi connectivity index (χ3v) is 3.46. The SMILES string of the molecule is Cc1ccc(CSCC2CNC2)o1. The maximum absolute atomic E-state index is 5.48. The van der Waals surface area contributed by atoms with E-state index >= 15 is 0 Å². The number of nitrogens with one attached hydrogen (secondary N) is 1. The van der Waals surface area contributed by atoms with Crippen molar-refractivity contribution >= 4 is 11.8 Å². The summed E-state index contributed by atoms with van der Waals surface area (Å²) in [5, 5.41) is 3.28. The van der Waals surface area contributed by atoms with Crippen molar-refractivity contribution in [3.05, 3.63) is 23.7 Å². The van der Waals surface area contributed by atoms with Crippen molar-refractivity contribution in [3.8, 4) is 0 Å². The fraction of sp³-hybridized carbons (Fsp3) is 0.600. The van der Waals surface area contributed by atoms with Crippen LogP contribution in [0.4, 0.5) is 0 Å². The van der Waals surface area contributed by atoms with Crippen LogP contribution >= 0.6 is 11.8 Å². The molecule has 72 valence electrons. The van der Waals surface area contributed by atoms with Crippen LogP contribution in [-0.4, -0.2) is 18.8 Å². The summed E-state index contributed by atoms with van der Waals surface area (Å²) in [5.74, 6) is 5.29. The first-order valence-corrected chi connectivity index (χ1v) is 5.84. The minimum Gasteiger partial charge on any atom is -0.466 e. The lowest BCUT2D eigenvalue weighted by atomic mass is 10.1. The van der Waals surface area contributed by atoms with Gasteiger partial charge in [-0.1, -0.05) is 0 Å².